The molecule has 0 amide bonds. The number of hydrogen-bond acceptors (Lipinski definition) is 1. The van der Waals surface area contributed by atoms with E-state index in [1.807, 2.05) is 0 Å². The number of hydrogen-bond donors (Lipinski definition) is 1. The van der Waals surface area contributed by atoms with Crippen molar-refractivity contribution in [2.45, 2.75) is 26.8 Å². The van der Waals surface area contributed by atoms with E-state index in [9.17, 15) is 0 Å². The first kappa shape index (κ1) is 9.27. The Labute approximate surface area is 74.8 Å². The van der Waals surface area contributed by atoms with Gasteiger partial charge in [-0.05, 0) is 24.1 Å². The van der Waals surface area contributed by atoms with Crippen LogP contribution in [0.5, 0.6) is 0 Å². The van der Waals surface area contributed by atoms with Crippen molar-refractivity contribution < 1.29 is 0 Å². The minimum absolute atomic E-state index is 0.990. The van der Waals surface area contributed by atoms with Gasteiger partial charge in [-0.25, -0.2) is 0 Å². The third-order valence-corrected chi connectivity index (χ3v) is 1.98. The van der Waals surface area contributed by atoms with Crippen molar-refractivity contribution in [3.63, 3.8) is 0 Å². The quantitative estimate of drug-likeness (QED) is 0.718. The SMILES string of the molecule is CCNCc1cccc(CC)c1. The van der Waals surface area contributed by atoms with E-state index in [0.29, 0.717) is 0 Å². The Bertz CT molecular complexity index is 230. The standard InChI is InChI=1S/C11H17N/c1-3-10-6-5-7-11(8-10)9-12-4-2/h5-8,12H,3-4,9H2,1-2H3. The molecule has 0 fully saturated rings. The predicted octanol–water partition coefficient (Wildman–Crippen LogP) is 2.36. The number of nitrogens with one attached hydrogen (secondary N) is 1. The van der Waals surface area contributed by atoms with Gasteiger partial charge in [0.25, 0.3) is 0 Å². The Morgan fingerprint density at radius 2 is 1.92 bits per heavy atom. The zero-order valence-electron chi connectivity index (χ0n) is 7.93. The lowest BCUT2D eigenvalue weighted by molar-refractivity contribution is 0.726. The molecule has 0 atom stereocenters. The second-order valence-electron chi connectivity index (χ2n) is 2.95. The van der Waals surface area contributed by atoms with Crippen LogP contribution < -0.4 is 5.32 Å². The van der Waals surface area contributed by atoms with Gasteiger partial charge in [0.05, 0.1) is 0 Å². The summed E-state index contributed by atoms with van der Waals surface area (Å²) in [6, 6.07) is 8.74. The van der Waals surface area contributed by atoms with Crippen molar-refractivity contribution in [3.8, 4) is 0 Å². The molecule has 0 radical (unpaired) electrons. The third-order valence-electron chi connectivity index (χ3n) is 1.98. The lowest BCUT2D eigenvalue weighted by atomic mass is 10.1. The van der Waals surface area contributed by atoms with E-state index in [2.05, 4.69) is 43.4 Å². The molecule has 12 heavy (non-hydrogen) atoms. The van der Waals surface area contributed by atoms with Crippen LogP contribution in [-0.2, 0) is 13.0 Å². The smallest absolute Gasteiger partial charge is 0.0205 e. The minimum Gasteiger partial charge on any atom is -0.313 e. The van der Waals surface area contributed by atoms with Crippen LogP contribution >= 0.6 is 0 Å². The van der Waals surface area contributed by atoms with Crippen LogP contribution in [0.1, 0.15) is 25.0 Å². The maximum atomic E-state index is 3.32. The Morgan fingerprint density at radius 3 is 2.58 bits per heavy atom. The first-order valence-electron chi connectivity index (χ1n) is 4.65. The third kappa shape index (κ3) is 2.67. The van der Waals surface area contributed by atoms with Crippen LogP contribution in [0, 0.1) is 0 Å². The van der Waals surface area contributed by atoms with Gasteiger partial charge in [0.15, 0.2) is 0 Å². The molecule has 0 spiro atoms. The molecule has 0 saturated carbocycles. The molecular weight excluding hydrogens is 146 g/mol. The molecule has 0 aliphatic heterocycles. The molecule has 0 unspecified atom stereocenters. The maximum Gasteiger partial charge on any atom is 0.0205 e. The molecule has 66 valence electrons. The van der Waals surface area contributed by atoms with Gasteiger partial charge in [0.1, 0.15) is 0 Å². The zero-order valence-corrected chi connectivity index (χ0v) is 7.93. The molecule has 0 aliphatic rings. The molecule has 1 N–H and O–H groups in total. The highest BCUT2D eigenvalue weighted by Crippen LogP contribution is 2.05. The summed E-state index contributed by atoms with van der Waals surface area (Å²) in [5.41, 5.74) is 2.81. The summed E-state index contributed by atoms with van der Waals surface area (Å²) in [7, 11) is 0. The fourth-order valence-electron chi connectivity index (χ4n) is 1.23. The Kier molecular flexibility index (Phi) is 3.81. The summed E-state index contributed by atoms with van der Waals surface area (Å²) in [6.45, 7) is 6.34. The van der Waals surface area contributed by atoms with Gasteiger partial charge in [-0.15, -0.1) is 0 Å². The molecule has 1 heteroatoms. The van der Waals surface area contributed by atoms with Gasteiger partial charge in [-0.3, -0.25) is 0 Å². The fraction of sp³-hybridized carbons (Fsp3) is 0.455. The summed E-state index contributed by atoms with van der Waals surface area (Å²) >= 11 is 0. The molecule has 1 rings (SSSR count). The largest absolute Gasteiger partial charge is 0.313 e. The topological polar surface area (TPSA) is 12.0 Å². The molecular formula is C11H17N. The first-order valence-corrected chi connectivity index (χ1v) is 4.65. The van der Waals surface area contributed by atoms with Gasteiger partial charge in [-0.1, -0.05) is 38.1 Å². The van der Waals surface area contributed by atoms with Crippen molar-refractivity contribution in [1.82, 2.24) is 5.32 Å². The monoisotopic (exact) mass is 163 g/mol. The van der Waals surface area contributed by atoms with Crippen LogP contribution in [0.3, 0.4) is 0 Å². The fourth-order valence-corrected chi connectivity index (χ4v) is 1.23. The average molecular weight is 163 g/mol. The van der Waals surface area contributed by atoms with Gasteiger partial charge in [0, 0.05) is 6.54 Å². The molecule has 0 bridgehead atoms. The van der Waals surface area contributed by atoms with E-state index in [1.54, 1.807) is 0 Å². The number of aryl methyl sites for hydroxylation is 1. The Morgan fingerprint density at radius 1 is 1.17 bits per heavy atom. The summed E-state index contributed by atoms with van der Waals surface area (Å²) in [4.78, 5) is 0. The Balaban J connectivity index is 2.60. The summed E-state index contributed by atoms with van der Waals surface area (Å²) in [5.74, 6) is 0. The molecule has 1 aromatic carbocycles. The van der Waals surface area contributed by atoms with Crippen molar-refractivity contribution in [3.05, 3.63) is 35.4 Å². The summed E-state index contributed by atoms with van der Waals surface area (Å²) in [6.07, 6.45) is 1.12. The number of rotatable bonds is 4. The molecule has 1 aromatic rings. The molecule has 0 aromatic heterocycles. The van der Waals surface area contributed by atoms with Crippen LogP contribution in [0.15, 0.2) is 24.3 Å². The van der Waals surface area contributed by atoms with Crippen molar-refractivity contribution >= 4 is 0 Å². The normalized spacial score (nSPS) is 10.2. The van der Waals surface area contributed by atoms with Gasteiger partial charge in [0.2, 0.25) is 0 Å². The zero-order chi connectivity index (χ0) is 8.81. The highest BCUT2D eigenvalue weighted by Gasteiger charge is 1.92. The van der Waals surface area contributed by atoms with Gasteiger partial charge in [-0.2, -0.15) is 0 Å². The van der Waals surface area contributed by atoms with Crippen LogP contribution in [-0.4, -0.2) is 6.54 Å². The highest BCUT2D eigenvalue weighted by molar-refractivity contribution is 5.23. The first-order chi connectivity index (χ1) is 5.86. The summed E-state index contributed by atoms with van der Waals surface area (Å²) in [5, 5.41) is 3.32. The van der Waals surface area contributed by atoms with E-state index < -0.39 is 0 Å². The van der Waals surface area contributed by atoms with Gasteiger partial charge < -0.3 is 5.32 Å². The van der Waals surface area contributed by atoms with E-state index in [4.69, 9.17) is 0 Å². The van der Waals surface area contributed by atoms with Crippen molar-refractivity contribution in [2.24, 2.45) is 0 Å². The van der Waals surface area contributed by atoms with Crippen LogP contribution in [0.25, 0.3) is 0 Å². The maximum absolute atomic E-state index is 3.32. The molecule has 0 aliphatic carbocycles. The predicted molar refractivity (Wildman–Crippen MR) is 53.2 cm³/mol. The molecule has 1 nitrogen and oxygen atoms in total. The van der Waals surface area contributed by atoms with E-state index in [1.165, 1.54) is 11.1 Å². The van der Waals surface area contributed by atoms with Crippen molar-refractivity contribution in [1.29, 1.82) is 0 Å². The molecule has 0 heterocycles. The second kappa shape index (κ2) is 4.94. The van der Waals surface area contributed by atoms with Gasteiger partial charge >= 0.3 is 0 Å². The lowest BCUT2D eigenvalue weighted by Gasteiger charge is -2.03. The molecule has 0 saturated heterocycles. The van der Waals surface area contributed by atoms with E-state index in [-0.39, 0.29) is 0 Å². The van der Waals surface area contributed by atoms with Crippen molar-refractivity contribution in [2.75, 3.05) is 6.54 Å². The Hall–Kier alpha value is -0.820. The van der Waals surface area contributed by atoms with E-state index >= 15 is 0 Å². The lowest BCUT2D eigenvalue weighted by Crippen LogP contribution is -2.11. The van der Waals surface area contributed by atoms with Crippen LogP contribution in [0.4, 0.5) is 0 Å². The highest BCUT2D eigenvalue weighted by atomic mass is 14.8. The average Bonchev–Trinajstić information content (AvgIpc) is 2.15. The summed E-state index contributed by atoms with van der Waals surface area (Å²) < 4.78 is 0. The second-order valence-corrected chi connectivity index (χ2v) is 2.95. The number of benzene rings is 1. The minimum atomic E-state index is 0.990. The van der Waals surface area contributed by atoms with Crippen LogP contribution in [0.2, 0.25) is 0 Å². The van der Waals surface area contributed by atoms with E-state index in [0.717, 1.165) is 19.5 Å².